The lowest BCUT2D eigenvalue weighted by Crippen LogP contribution is -2.19. The summed E-state index contributed by atoms with van der Waals surface area (Å²) in [5.74, 6) is 1.31. The second-order valence-electron chi connectivity index (χ2n) is 3.50. The first-order valence-corrected chi connectivity index (χ1v) is 6.03. The number of nitrogens with one attached hydrogen (secondary N) is 1. The highest BCUT2D eigenvalue weighted by Crippen LogP contribution is 2.08. The number of hydrogen-bond acceptors (Lipinski definition) is 4. The third kappa shape index (κ3) is 3.57. The van der Waals surface area contributed by atoms with Gasteiger partial charge >= 0.3 is 0 Å². The van der Waals surface area contributed by atoms with Crippen molar-refractivity contribution in [3.05, 3.63) is 46.0 Å². The Morgan fingerprint density at radius 1 is 1.53 bits per heavy atom. The SMILES string of the molecule is Cc1ccc(C=NNC(=O)Cc2cccs2)o1. The van der Waals surface area contributed by atoms with E-state index in [2.05, 4.69) is 10.5 Å². The maximum atomic E-state index is 11.5. The highest BCUT2D eigenvalue weighted by molar-refractivity contribution is 7.10. The molecule has 0 radical (unpaired) electrons. The summed E-state index contributed by atoms with van der Waals surface area (Å²) in [5.41, 5.74) is 2.46. The normalized spacial score (nSPS) is 10.9. The third-order valence-electron chi connectivity index (χ3n) is 2.06. The molecule has 0 aliphatic carbocycles. The summed E-state index contributed by atoms with van der Waals surface area (Å²) >= 11 is 1.55. The first kappa shape index (κ1) is 11.6. The molecule has 17 heavy (non-hydrogen) atoms. The van der Waals surface area contributed by atoms with Crippen molar-refractivity contribution in [1.82, 2.24) is 5.43 Å². The van der Waals surface area contributed by atoms with Crippen molar-refractivity contribution in [3.8, 4) is 0 Å². The summed E-state index contributed by atoms with van der Waals surface area (Å²) in [6.45, 7) is 1.85. The lowest BCUT2D eigenvalue weighted by atomic mass is 10.3. The van der Waals surface area contributed by atoms with Crippen LogP contribution in [0.25, 0.3) is 0 Å². The van der Waals surface area contributed by atoms with Crippen molar-refractivity contribution in [1.29, 1.82) is 0 Å². The summed E-state index contributed by atoms with van der Waals surface area (Å²) in [7, 11) is 0. The summed E-state index contributed by atoms with van der Waals surface area (Å²) in [4.78, 5) is 12.5. The lowest BCUT2D eigenvalue weighted by molar-refractivity contribution is -0.120. The molecule has 2 rings (SSSR count). The van der Waals surface area contributed by atoms with E-state index in [9.17, 15) is 4.79 Å². The van der Waals surface area contributed by atoms with Crippen LogP contribution >= 0.6 is 11.3 Å². The molecule has 0 spiro atoms. The lowest BCUT2D eigenvalue weighted by Gasteiger charge is -1.96. The van der Waals surface area contributed by atoms with Gasteiger partial charge in [0, 0.05) is 4.88 Å². The molecule has 2 aromatic heterocycles. The second-order valence-corrected chi connectivity index (χ2v) is 4.53. The predicted molar refractivity (Wildman–Crippen MR) is 67.2 cm³/mol. The van der Waals surface area contributed by atoms with Crippen LogP contribution in [0.5, 0.6) is 0 Å². The molecule has 0 aromatic carbocycles. The first-order valence-electron chi connectivity index (χ1n) is 5.15. The number of aryl methyl sites for hydroxylation is 1. The number of hydrogen-bond donors (Lipinski definition) is 1. The Labute approximate surface area is 103 Å². The summed E-state index contributed by atoms with van der Waals surface area (Å²) in [6, 6.07) is 7.48. The van der Waals surface area contributed by atoms with E-state index in [1.165, 1.54) is 6.21 Å². The molecule has 0 atom stereocenters. The molecule has 88 valence electrons. The van der Waals surface area contributed by atoms with Crippen molar-refractivity contribution in [2.75, 3.05) is 0 Å². The van der Waals surface area contributed by atoms with Crippen LogP contribution in [0.15, 0.2) is 39.2 Å². The number of furan rings is 1. The molecule has 0 saturated heterocycles. The standard InChI is InChI=1S/C12H12N2O2S/c1-9-4-5-10(16-9)8-13-14-12(15)7-11-3-2-6-17-11/h2-6,8H,7H2,1H3,(H,14,15). The Balaban J connectivity index is 1.82. The number of rotatable bonds is 4. The zero-order valence-electron chi connectivity index (χ0n) is 9.34. The van der Waals surface area contributed by atoms with Crippen LogP contribution in [0, 0.1) is 6.92 Å². The average Bonchev–Trinajstić information content (AvgIpc) is 2.90. The van der Waals surface area contributed by atoms with Gasteiger partial charge in [-0.2, -0.15) is 5.10 Å². The van der Waals surface area contributed by atoms with Crippen LogP contribution in [0.3, 0.4) is 0 Å². The molecule has 2 heterocycles. The van der Waals surface area contributed by atoms with Gasteiger partial charge in [-0.1, -0.05) is 6.07 Å². The molecule has 0 bridgehead atoms. The Hall–Kier alpha value is -1.88. The van der Waals surface area contributed by atoms with Crippen molar-refractivity contribution >= 4 is 23.5 Å². The minimum Gasteiger partial charge on any atom is -0.460 e. The molecule has 5 heteroatoms. The fraction of sp³-hybridized carbons (Fsp3) is 0.167. The number of carbonyl (C=O) groups is 1. The van der Waals surface area contributed by atoms with Gasteiger partial charge in [-0.15, -0.1) is 11.3 Å². The number of carbonyl (C=O) groups excluding carboxylic acids is 1. The van der Waals surface area contributed by atoms with Gasteiger partial charge in [0.25, 0.3) is 0 Å². The zero-order valence-corrected chi connectivity index (χ0v) is 10.2. The molecule has 4 nitrogen and oxygen atoms in total. The van der Waals surface area contributed by atoms with Gasteiger partial charge in [0.05, 0.1) is 12.6 Å². The molecular weight excluding hydrogens is 236 g/mol. The number of thiophene rings is 1. The number of hydrazone groups is 1. The molecule has 0 aliphatic rings. The van der Waals surface area contributed by atoms with Crippen LogP contribution in [-0.2, 0) is 11.2 Å². The van der Waals surface area contributed by atoms with Crippen molar-refractivity contribution in [2.24, 2.45) is 5.10 Å². The van der Waals surface area contributed by atoms with Gasteiger partial charge in [0.15, 0.2) is 0 Å². The van der Waals surface area contributed by atoms with Crippen molar-refractivity contribution in [3.63, 3.8) is 0 Å². The Kier molecular flexibility index (Phi) is 3.72. The summed E-state index contributed by atoms with van der Waals surface area (Å²) in [5, 5.41) is 5.76. The highest BCUT2D eigenvalue weighted by Gasteiger charge is 2.02. The Morgan fingerprint density at radius 3 is 3.06 bits per heavy atom. The van der Waals surface area contributed by atoms with Gasteiger partial charge in [-0.25, -0.2) is 5.43 Å². The van der Waals surface area contributed by atoms with Gasteiger partial charge in [-0.05, 0) is 30.5 Å². The second kappa shape index (κ2) is 5.45. The van der Waals surface area contributed by atoms with E-state index in [1.54, 1.807) is 17.4 Å². The molecule has 1 N–H and O–H groups in total. The Morgan fingerprint density at radius 2 is 2.41 bits per heavy atom. The van der Waals surface area contributed by atoms with Gasteiger partial charge < -0.3 is 4.42 Å². The van der Waals surface area contributed by atoms with Crippen LogP contribution in [0.2, 0.25) is 0 Å². The van der Waals surface area contributed by atoms with Gasteiger partial charge in [-0.3, -0.25) is 4.79 Å². The van der Waals surface area contributed by atoms with Crippen molar-refractivity contribution < 1.29 is 9.21 Å². The highest BCUT2D eigenvalue weighted by atomic mass is 32.1. The van der Waals surface area contributed by atoms with E-state index >= 15 is 0 Å². The predicted octanol–water partition coefficient (Wildman–Crippen LogP) is 2.34. The fourth-order valence-corrected chi connectivity index (χ4v) is 2.01. The molecule has 0 fully saturated rings. The van der Waals surface area contributed by atoms with Crippen LogP contribution in [0.1, 0.15) is 16.4 Å². The third-order valence-corrected chi connectivity index (χ3v) is 2.93. The maximum absolute atomic E-state index is 11.5. The van der Waals surface area contributed by atoms with Crippen LogP contribution < -0.4 is 5.43 Å². The van der Waals surface area contributed by atoms with Crippen LogP contribution in [-0.4, -0.2) is 12.1 Å². The average molecular weight is 248 g/mol. The van der Waals surface area contributed by atoms with E-state index < -0.39 is 0 Å². The summed E-state index contributed by atoms with van der Waals surface area (Å²) < 4.78 is 5.27. The van der Waals surface area contributed by atoms with E-state index in [1.807, 2.05) is 30.5 Å². The smallest absolute Gasteiger partial charge is 0.245 e. The molecular formula is C12H12N2O2S. The monoisotopic (exact) mass is 248 g/mol. The molecule has 0 aliphatic heterocycles. The molecule has 0 saturated carbocycles. The van der Waals surface area contributed by atoms with E-state index in [0.717, 1.165) is 10.6 Å². The maximum Gasteiger partial charge on any atom is 0.245 e. The minimum absolute atomic E-state index is 0.132. The number of amides is 1. The number of nitrogens with zero attached hydrogens (tertiary/aromatic N) is 1. The zero-order chi connectivity index (χ0) is 12.1. The molecule has 1 amide bonds. The quantitative estimate of drug-likeness (QED) is 0.667. The largest absolute Gasteiger partial charge is 0.460 e. The summed E-state index contributed by atoms with van der Waals surface area (Å²) in [6.07, 6.45) is 1.84. The van der Waals surface area contributed by atoms with E-state index in [0.29, 0.717) is 12.2 Å². The Bertz CT molecular complexity index is 514. The minimum atomic E-state index is -0.132. The van der Waals surface area contributed by atoms with Gasteiger partial charge in [0.2, 0.25) is 5.91 Å². The van der Waals surface area contributed by atoms with Crippen LogP contribution in [0.4, 0.5) is 0 Å². The first-order chi connectivity index (χ1) is 8.24. The molecule has 0 unspecified atom stereocenters. The van der Waals surface area contributed by atoms with E-state index in [4.69, 9.17) is 4.42 Å². The van der Waals surface area contributed by atoms with Gasteiger partial charge in [0.1, 0.15) is 11.5 Å². The van der Waals surface area contributed by atoms with Crippen molar-refractivity contribution in [2.45, 2.75) is 13.3 Å². The molecule has 2 aromatic rings. The fourth-order valence-electron chi connectivity index (χ4n) is 1.30. The topological polar surface area (TPSA) is 54.6 Å². The van der Waals surface area contributed by atoms with E-state index in [-0.39, 0.29) is 5.91 Å².